The number of ketones is 1. The van der Waals surface area contributed by atoms with Gasteiger partial charge in [-0.25, -0.2) is 0 Å². The van der Waals surface area contributed by atoms with Crippen LogP contribution >= 0.6 is 0 Å². The summed E-state index contributed by atoms with van der Waals surface area (Å²) in [6.45, 7) is 5.64. The molecule has 0 spiro atoms. The minimum atomic E-state index is -0.566. The van der Waals surface area contributed by atoms with Gasteiger partial charge in [-0.1, -0.05) is 19.9 Å². The van der Waals surface area contributed by atoms with E-state index in [1.54, 1.807) is 0 Å². The third-order valence-electron chi connectivity index (χ3n) is 3.75. The lowest BCUT2D eigenvalue weighted by molar-refractivity contribution is -0.157. The minimum Gasteiger partial charge on any atom is -0.392 e. The van der Waals surface area contributed by atoms with E-state index in [1.165, 1.54) is 0 Å². The molecule has 2 aliphatic heterocycles. The van der Waals surface area contributed by atoms with Crippen LogP contribution in [-0.2, 0) is 9.53 Å². The van der Waals surface area contributed by atoms with Crippen molar-refractivity contribution in [3.8, 4) is 0 Å². The highest BCUT2D eigenvalue weighted by Gasteiger charge is 2.52. The Balaban J connectivity index is 2.42. The van der Waals surface area contributed by atoms with Gasteiger partial charge in [0.25, 0.3) is 0 Å². The van der Waals surface area contributed by atoms with Crippen molar-refractivity contribution in [3.05, 3.63) is 11.6 Å². The summed E-state index contributed by atoms with van der Waals surface area (Å²) in [5, 5.41) is 9.21. The topological polar surface area (TPSA) is 46.5 Å². The van der Waals surface area contributed by atoms with Gasteiger partial charge in [0.05, 0.1) is 18.3 Å². The van der Waals surface area contributed by atoms with Crippen LogP contribution in [0.2, 0.25) is 0 Å². The summed E-state index contributed by atoms with van der Waals surface area (Å²) in [5.74, 6) is 0.000208. The van der Waals surface area contributed by atoms with Gasteiger partial charge in [-0.15, -0.1) is 0 Å². The van der Waals surface area contributed by atoms with Crippen LogP contribution in [0, 0.1) is 11.8 Å². The van der Waals surface area contributed by atoms with Gasteiger partial charge in [-0.3, -0.25) is 4.79 Å². The molecule has 0 aromatic heterocycles. The van der Waals surface area contributed by atoms with Crippen molar-refractivity contribution in [1.29, 1.82) is 0 Å². The van der Waals surface area contributed by atoms with Crippen LogP contribution in [0.4, 0.5) is 0 Å². The average Bonchev–Trinajstić information content (AvgIpc) is 2.49. The van der Waals surface area contributed by atoms with Gasteiger partial charge in [0.1, 0.15) is 5.78 Å². The number of aliphatic hydroxyl groups is 1. The van der Waals surface area contributed by atoms with E-state index in [1.807, 2.05) is 26.8 Å². The normalized spacial score (nSPS) is 46.7. The summed E-state index contributed by atoms with van der Waals surface area (Å²) in [4.78, 5) is 11.9. The number of hydrogen-bond acceptors (Lipinski definition) is 3. The highest BCUT2D eigenvalue weighted by atomic mass is 16.5. The van der Waals surface area contributed by atoms with E-state index in [0.29, 0.717) is 0 Å². The van der Waals surface area contributed by atoms with Crippen LogP contribution < -0.4 is 0 Å². The van der Waals surface area contributed by atoms with Gasteiger partial charge >= 0.3 is 0 Å². The monoisotopic (exact) mass is 196 g/mol. The third kappa shape index (κ3) is 1.03. The first-order valence-electron chi connectivity index (χ1n) is 5.04. The van der Waals surface area contributed by atoms with E-state index in [-0.39, 0.29) is 30.3 Å². The molecule has 1 saturated heterocycles. The van der Waals surface area contributed by atoms with Gasteiger partial charge in [0.15, 0.2) is 0 Å². The number of rotatable bonds is 1. The number of carbonyl (C=O) groups is 1. The van der Waals surface area contributed by atoms with Gasteiger partial charge in [0.2, 0.25) is 0 Å². The molecule has 0 amide bonds. The van der Waals surface area contributed by atoms with Crippen molar-refractivity contribution >= 4 is 5.78 Å². The number of fused-ring (bicyclic) bond motifs is 2. The van der Waals surface area contributed by atoms with E-state index < -0.39 is 5.60 Å². The fourth-order valence-corrected chi connectivity index (χ4v) is 2.42. The molecule has 14 heavy (non-hydrogen) atoms. The maximum absolute atomic E-state index is 11.9. The lowest BCUT2D eigenvalue weighted by Crippen LogP contribution is -2.50. The zero-order valence-corrected chi connectivity index (χ0v) is 8.78. The summed E-state index contributed by atoms with van der Waals surface area (Å²) in [6, 6.07) is 0. The van der Waals surface area contributed by atoms with E-state index >= 15 is 0 Å². The van der Waals surface area contributed by atoms with Crippen LogP contribution in [-0.4, -0.2) is 29.2 Å². The molecular formula is C11H16O3. The van der Waals surface area contributed by atoms with Gasteiger partial charge < -0.3 is 9.84 Å². The molecule has 2 heterocycles. The largest absolute Gasteiger partial charge is 0.392 e. The standard InChI is InChI=1S/C11H16O3/c1-6-9-4-8(5-12)11(3,14-9)7(2)10(6)13/h4,6-7,9,12H,5H2,1-3H3. The zero-order valence-electron chi connectivity index (χ0n) is 8.78. The predicted molar refractivity (Wildman–Crippen MR) is 51.8 cm³/mol. The molecule has 0 radical (unpaired) electrons. The molecule has 1 N–H and O–H groups in total. The summed E-state index contributed by atoms with van der Waals surface area (Å²) >= 11 is 0. The highest BCUT2D eigenvalue weighted by molar-refractivity contribution is 5.87. The number of ether oxygens (including phenoxy) is 1. The Morgan fingerprint density at radius 2 is 2.21 bits per heavy atom. The molecule has 0 saturated carbocycles. The van der Waals surface area contributed by atoms with E-state index in [0.717, 1.165) is 5.57 Å². The number of Topliss-reactive ketones (excluding diaryl/α,β-unsaturated/α-hetero) is 1. The van der Waals surface area contributed by atoms with Crippen LogP contribution in [0.15, 0.2) is 11.6 Å². The third-order valence-corrected chi connectivity index (χ3v) is 3.75. The van der Waals surface area contributed by atoms with Crippen LogP contribution in [0.3, 0.4) is 0 Å². The van der Waals surface area contributed by atoms with Crippen molar-refractivity contribution in [2.75, 3.05) is 6.61 Å². The summed E-state index contributed by atoms with van der Waals surface area (Å²) in [5.41, 5.74) is 0.288. The molecule has 0 aromatic carbocycles. The Morgan fingerprint density at radius 3 is 2.79 bits per heavy atom. The molecule has 3 nitrogen and oxygen atoms in total. The maximum Gasteiger partial charge on any atom is 0.144 e. The Labute approximate surface area is 83.8 Å². The lowest BCUT2D eigenvalue weighted by atomic mass is 9.78. The summed E-state index contributed by atoms with van der Waals surface area (Å²) in [6.07, 6.45) is 1.78. The molecule has 78 valence electrons. The predicted octanol–water partition coefficient (Wildman–Crippen LogP) is 0.917. The van der Waals surface area contributed by atoms with Gasteiger partial charge in [0, 0.05) is 11.8 Å². The molecule has 2 rings (SSSR count). The Kier molecular flexibility index (Phi) is 2.05. The van der Waals surface area contributed by atoms with Crippen LogP contribution in [0.5, 0.6) is 0 Å². The molecule has 4 unspecified atom stereocenters. The molecule has 4 atom stereocenters. The fraction of sp³-hybridized carbons (Fsp3) is 0.727. The van der Waals surface area contributed by atoms with Crippen molar-refractivity contribution in [2.45, 2.75) is 32.5 Å². The number of carbonyl (C=O) groups excluding carboxylic acids is 1. The quantitative estimate of drug-likeness (QED) is 0.634. The average molecular weight is 196 g/mol. The first-order valence-corrected chi connectivity index (χ1v) is 5.04. The van der Waals surface area contributed by atoms with Crippen molar-refractivity contribution in [3.63, 3.8) is 0 Å². The van der Waals surface area contributed by atoms with Crippen molar-refractivity contribution in [2.24, 2.45) is 11.8 Å². The van der Waals surface area contributed by atoms with Crippen LogP contribution in [0.25, 0.3) is 0 Å². The minimum absolute atomic E-state index is 0.0165. The second-order valence-electron chi connectivity index (χ2n) is 4.45. The second kappa shape index (κ2) is 2.91. The maximum atomic E-state index is 11.9. The molecule has 2 bridgehead atoms. The first kappa shape index (κ1) is 9.87. The Hall–Kier alpha value is -0.670. The molecule has 1 fully saturated rings. The second-order valence-corrected chi connectivity index (χ2v) is 4.45. The molecule has 0 aliphatic carbocycles. The molecule has 0 aromatic rings. The number of aliphatic hydroxyl groups excluding tert-OH is 1. The van der Waals surface area contributed by atoms with E-state index in [9.17, 15) is 9.90 Å². The summed E-state index contributed by atoms with van der Waals surface area (Å²) < 4.78 is 5.81. The molecule has 2 aliphatic rings. The Bertz CT molecular complexity index is 308. The first-order chi connectivity index (χ1) is 6.50. The lowest BCUT2D eigenvalue weighted by Gasteiger charge is -2.40. The van der Waals surface area contributed by atoms with Crippen molar-refractivity contribution < 1.29 is 14.6 Å². The van der Waals surface area contributed by atoms with Gasteiger partial charge in [-0.2, -0.15) is 0 Å². The highest BCUT2D eigenvalue weighted by Crippen LogP contribution is 2.44. The number of hydrogen-bond donors (Lipinski definition) is 1. The van der Waals surface area contributed by atoms with E-state index in [4.69, 9.17) is 4.74 Å². The van der Waals surface area contributed by atoms with E-state index in [2.05, 4.69) is 0 Å². The molecule has 3 heteroatoms. The molecular weight excluding hydrogens is 180 g/mol. The Morgan fingerprint density at radius 1 is 1.57 bits per heavy atom. The van der Waals surface area contributed by atoms with Crippen molar-refractivity contribution in [1.82, 2.24) is 0 Å². The SMILES string of the molecule is CC1C(=O)C(C)C2(C)OC1C=C2CO. The van der Waals surface area contributed by atoms with Crippen LogP contribution in [0.1, 0.15) is 20.8 Å². The summed E-state index contributed by atoms with van der Waals surface area (Å²) in [7, 11) is 0. The zero-order chi connectivity index (χ0) is 10.5. The fourth-order valence-electron chi connectivity index (χ4n) is 2.42. The van der Waals surface area contributed by atoms with Gasteiger partial charge in [-0.05, 0) is 12.5 Å². The smallest absolute Gasteiger partial charge is 0.144 e.